The third-order valence-electron chi connectivity index (χ3n) is 11.2. The van der Waals surface area contributed by atoms with Gasteiger partial charge in [-0.1, -0.05) is 139 Å². The number of alkyl carbamates (subject to hydrolysis) is 1. The number of amides is 2. The number of ether oxygens (including phenoxy) is 1. The van der Waals surface area contributed by atoms with Crippen LogP contribution in [0.1, 0.15) is 74.8 Å². The predicted molar refractivity (Wildman–Crippen MR) is 247 cm³/mol. The Morgan fingerprint density at radius 1 is 0.603 bits per heavy atom. The molecule has 6 nitrogen and oxygen atoms in total. The summed E-state index contributed by atoms with van der Waals surface area (Å²) in [5, 5.41) is 8.57. The molecule has 0 saturated carbocycles. The molecule has 2 N–H and O–H groups in total. The molecule has 0 aliphatic carbocycles. The molecule has 336 valence electrons. The van der Waals surface area contributed by atoms with Crippen molar-refractivity contribution in [2.45, 2.75) is 104 Å². The molecule has 0 saturated heterocycles. The molecule has 0 aliphatic heterocycles. The zero-order valence-electron chi connectivity index (χ0n) is 37.7. The van der Waals surface area contributed by atoms with Crippen molar-refractivity contribution in [2.75, 3.05) is 6.16 Å². The lowest BCUT2D eigenvalue weighted by Gasteiger charge is -2.46. The van der Waals surface area contributed by atoms with Crippen molar-refractivity contribution in [3.8, 4) is 0 Å². The number of benzene rings is 5. The molecule has 0 unspecified atom stereocenters. The number of halogens is 5. The molecule has 3 atom stereocenters. The van der Waals surface area contributed by atoms with Crippen LogP contribution in [0.25, 0.3) is 0 Å². The lowest BCUT2D eigenvalue weighted by atomic mass is 9.86. The number of carbonyl (C=O) groups excluding carboxylic acids is 2. The minimum Gasteiger partial charge on any atom is -0.444 e. The fourth-order valence-corrected chi connectivity index (χ4v) is 17.5. The van der Waals surface area contributed by atoms with Crippen molar-refractivity contribution in [1.82, 2.24) is 10.6 Å². The summed E-state index contributed by atoms with van der Waals surface area (Å²) in [6.07, 6.45) is -2.34. The monoisotopic (exact) mass is 905 g/mol. The molecule has 63 heavy (non-hydrogen) atoms. The molecule has 0 bridgehead atoms. The van der Waals surface area contributed by atoms with Crippen LogP contribution in [0.4, 0.5) is 26.7 Å². The largest absolute Gasteiger partial charge is 0.444 e. The Hall–Kier alpha value is -4.90. The smallest absolute Gasteiger partial charge is 0.408 e. The quantitative estimate of drug-likeness (QED) is 0.0383. The minimum absolute atomic E-state index is 0.0606. The highest BCUT2D eigenvalue weighted by Gasteiger charge is 2.54. The van der Waals surface area contributed by atoms with Gasteiger partial charge < -0.3 is 19.8 Å². The first-order valence-corrected chi connectivity index (χ1v) is 25.1. The highest BCUT2D eigenvalue weighted by atomic mass is 31.2. The van der Waals surface area contributed by atoms with E-state index in [0.717, 1.165) is 10.4 Å². The first-order chi connectivity index (χ1) is 29.4. The normalized spacial score (nSPS) is 14.1. The zero-order valence-corrected chi connectivity index (χ0v) is 39.6. The van der Waals surface area contributed by atoms with Gasteiger partial charge in [-0.3, -0.25) is 4.79 Å². The van der Waals surface area contributed by atoms with Crippen molar-refractivity contribution in [2.24, 2.45) is 5.41 Å². The summed E-state index contributed by atoms with van der Waals surface area (Å²) in [6.45, 7) is 18.7. The van der Waals surface area contributed by atoms with Crippen LogP contribution in [-0.2, 0) is 20.1 Å². The summed E-state index contributed by atoms with van der Waals surface area (Å²) in [5.41, 5.74) is -2.70. The van der Waals surface area contributed by atoms with E-state index in [4.69, 9.17) is 9.16 Å². The standard InChI is InChI=1S/C50H58F5N2O4PSi/c1-33(61-63(50(8,9)10,36-27-19-13-20-28-36)37-29-21-14-22-30-37)39(56-46(58)45(48(2,3)4)57-47(59)60-49(5,6)7)32-62(34-23-15-11-16-24-34,35-25-17-12-18-26-35)31-38-40(51)42(53)44(55)43(54)41(38)52/h11-30,33,39,45H,31-32H2,1-10H3,(H-,56,57,58,59)/p+1/t33-,39-,45-/m1/s1. The van der Waals surface area contributed by atoms with Gasteiger partial charge in [-0.25, -0.2) is 26.7 Å². The van der Waals surface area contributed by atoms with Gasteiger partial charge in [0.15, 0.2) is 23.3 Å². The summed E-state index contributed by atoms with van der Waals surface area (Å²) in [5.74, 6) is -10.8. The molecule has 0 spiro atoms. The Balaban J connectivity index is 1.80. The molecule has 0 aliphatic rings. The van der Waals surface area contributed by atoms with Gasteiger partial charge >= 0.3 is 6.09 Å². The van der Waals surface area contributed by atoms with E-state index in [0.29, 0.717) is 10.6 Å². The van der Waals surface area contributed by atoms with Crippen LogP contribution < -0.4 is 31.6 Å². The second-order valence-corrected chi connectivity index (χ2v) is 27.0. The van der Waals surface area contributed by atoms with E-state index in [-0.39, 0.29) is 6.16 Å². The summed E-state index contributed by atoms with van der Waals surface area (Å²) in [4.78, 5) is 28.3. The van der Waals surface area contributed by atoms with Crippen molar-refractivity contribution in [3.63, 3.8) is 0 Å². The topological polar surface area (TPSA) is 76.7 Å². The van der Waals surface area contributed by atoms with Gasteiger partial charge in [-0.2, -0.15) is 0 Å². The van der Waals surface area contributed by atoms with Gasteiger partial charge in [0, 0.05) is 0 Å². The fourth-order valence-electron chi connectivity index (χ4n) is 8.16. The SMILES string of the molecule is C[C@@H](O[Si](c1ccccc1)(c1ccccc1)C(C)(C)C)[C@@H](C[P+](Cc1c(F)c(F)c(F)c(F)c1F)(c1ccccc1)c1ccccc1)NC(=O)[C@@H](NC(=O)OC(C)(C)C)C(C)(C)C. The first kappa shape index (κ1) is 49.1. The second-order valence-electron chi connectivity index (χ2n) is 19.1. The van der Waals surface area contributed by atoms with Crippen molar-refractivity contribution >= 4 is 48.6 Å². The number of hydrogen-bond donors (Lipinski definition) is 2. The van der Waals surface area contributed by atoms with Crippen LogP contribution in [0, 0.1) is 34.5 Å². The lowest BCUT2D eigenvalue weighted by molar-refractivity contribution is -0.126. The van der Waals surface area contributed by atoms with Crippen LogP contribution in [0.3, 0.4) is 0 Å². The number of carbonyl (C=O) groups is 2. The Morgan fingerprint density at radius 3 is 1.38 bits per heavy atom. The van der Waals surface area contributed by atoms with E-state index in [9.17, 15) is 14.0 Å². The molecular formula is C50H59F5N2O4PSi+. The number of rotatable bonds is 14. The molecule has 13 heteroatoms. The average molecular weight is 906 g/mol. The molecule has 5 rings (SSSR count). The summed E-state index contributed by atoms with van der Waals surface area (Å²) < 4.78 is 90.1. The third kappa shape index (κ3) is 10.9. The van der Waals surface area contributed by atoms with E-state index in [1.54, 1.807) is 102 Å². The average Bonchev–Trinajstić information content (AvgIpc) is 3.23. The third-order valence-corrected chi connectivity index (χ3v) is 20.8. The van der Waals surface area contributed by atoms with Crippen LogP contribution >= 0.6 is 7.26 Å². The van der Waals surface area contributed by atoms with E-state index < -0.39 is 103 Å². The zero-order chi connectivity index (χ0) is 46.5. The summed E-state index contributed by atoms with van der Waals surface area (Å²) in [7, 11) is -6.78. The van der Waals surface area contributed by atoms with Crippen molar-refractivity contribution in [1.29, 1.82) is 0 Å². The fraction of sp³-hybridized carbons (Fsp3) is 0.360. The Bertz CT molecular complexity index is 2230. The Morgan fingerprint density at radius 2 is 1.00 bits per heavy atom. The van der Waals surface area contributed by atoms with Gasteiger partial charge in [-0.15, -0.1) is 0 Å². The van der Waals surface area contributed by atoms with Gasteiger partial charge in [0.1, 0.15) is 11.6 Å². The maximum absolute atomic E-state index is 16.0. The van der Waals surface area contributed by atoms with E-state index in [2.05, 4.69) is 31.4 Å². The van der Waals surface area contributed by atoms with E-state index in [1.165, 1.54) is 0 Å². The molecule has 2 amide bonds. The minimum atomic E-state index is -3.40. The molecule has 0 radical (unpaired) electrons. The molecular weight excluding hydrogens is 847 g/mol. The predicted octanol–water partition coefficient (Wildman–Crippen LogP) is 9.94. The van der Waals surface area contributed by atoms with Crippen LogP contribution in [0.5, 0.6) is 0 Å². The first-order valence-electron chi connectivity index (χ1n) is 21.0. The number of hydrogen-bond acceptors (Lipinski definition) is 4. The highest BCUT2D eigenvalue weighted by molar-refractivity contribution is 7.88. The second kappa shape index (κ2) is 19.5. The molecule has 5 aromatic rings. The van der Waals surface area contributed by atoms with Gasteiger partial charge in [0.05, 0.1) is 47.9 Å². The van der Waals surface area contributed by atoms with Crippen molar-refractivity contribution in [3.05, 3.63) is 156 Å². The van der Waals surface area contributed by atoms with E-state index >= 15 is 17.6 Å². The van der Waals surface area contributed by atoms with Gasteiger partial charge in [0.2, 0.25) is 11.7 Å². The molecule has 0 heterocycles. The van der Waals surface area contributed by atoms with Gasteiger partial charge in [-0.05, 0) is 72.8 Å². The maximum Gasteiger partial charge on any atom is 0.408 e. The lowest BCUT2D eigenvalue weighted by Crippen LogP contribution is -2.69. The van der Waals surface area contributed by atoms with Gasteiger partial charge in [0.25, 0.3) is 8.32 Å². The van der Waals surface area contributed by atoms with Crippen LogP contribution in [0.2, 0.25) is 5.04 Å². The molecule has 0 aromatic heterocycles. The maximum atomic E-state index is 16.0. The van der Waals surface area contributed by atoms with E-state index in [1.807, 2.05) is 67.6 Å². The Labute approximate surface area is 370 Å². The van der Waals surface area contributed by atoms with Crippen LogP contribution in [0.15, 0.2) is 121 Å². The molecule has 5 aromatic carbocycles. The molecule has 0 fully saturated rings. The van der Waals surface area contributed by atoms with Crippen LogP contribution in [-0.4, -0.2) is 50.3 Å². The Kier molecular flexibility index (Phi) is 15.2. The summed E-state index contributed by atoms with van der Waals surface area (Å²) >= 11 is 0. The summed E-state index contributed by atoms with van der Waals surface area (Å²) in [6, 6.07) is 35.2. The van der Waals surface area contributed by atoms with Crippen molar-refractivity contribution < 1.29 is 40.7 Å². The highest BCUT2D eigenvalue weighted by Crippen LogP contribution is 2.61. The number of nitrogens with one attached hydrogen (secondary N) is 2.